The van der Waals surface area contributed by atoms with Gasteiger partial charge in [0.05, 0.1) is 0 Å². The molecule has 0 aromatic rings. The van der Waals surface area contributed by atoms with Gasteiger partial charge in [-0.3, -0.25) is 0 Å². The summed E-state index contributed by atoms with van der Waals surface area (Å²) in [6.07, 6.45) is 3.13. The van der Waals surface area contributed by atoms with Crippen molar-refractivity contribution in [3.05, 3.63) is 12.1 Å². The topological polar surface area (TPSA) is 0 Å². The zero-order chi connectivity index (χ0) is 6.91. The minimum atomic E-state index is -4.67. The van der Waals surface area contributed by atoms with E-state index in [0.29, 0.717) is 5.98 Å². The van der Waals surface area contributed by atoms with Crippen LogP contribution >= 0.6 is 0 Å². The molecule has 0 aromatic carbocycles. The van der Waals surface area contributed by atoms with Crippen LogP contribution in [0, 0.1) is 5.92 Å². The third-order valence-corrected chi connectivity index (χ3v) is 1.22. The number of allylic oxidation sites excluding steroid dienone is 1. The number of hydrogen-bond donors (Lipinski definition) is 0. The van der Waals surface area contributed by atoms with Gasteiger partial charge in [-0.1, -0.05) is 0 Å². The standard InChI is InChI=1S/C5H7BF3.K/c7-6(8,9)4-3-5-1-2-5;/h3-5H,1-2H2;/q-1;+1. The van der Waals surface area contributed by atoms with Gasteiger partial charge in [-0.05, 0) is 18.8 Å². The fourth-order valence-corrected chi connectivity index (χ4v) is 0.572. The maximum absolute atomic E-state index is 11.4. The molecular weight excluding hydrogens is 167 g/mol. The van der Waals surface area contributed by atoms with Crippen LogP contribution in [-0.4, -0.2) is 6.98 Å². The molecule has 0 atom stereocenters. The summed E-state index contributed by atoms with van der Waals surface area (Å²) < 4.78 is 34.3. The normalized spacial score (nSPS) is 19.1. The number of halogens is 3. The summed E-state index contributed by atoms with van der Waals surface area (Å²) in [6.45, 7) is -4.67. The Kier molecular flexibility index (Phi) is 4.84. The first-order valence-electron chi connectivity index (χ1n) is 2.97. The molecule has 0 aromatic heterocycles. The Morgan fingerprint density at radius 2 is 1.70 bits per heavy atom. The molecule has 10 heavy (non-hydrogen) atoms. The Balaban J connectivity index is 0.000000810. The van der Waals surface area contributed by atoms with Crippen LogP contribution in [0.25, 0.3) is 0 Å². The van der Waals surface area contributed by atoms with Crippen molar-refractivity contribution >= 4 is 6.98 Å². The Hall–Kier alpha value is 1.23. The summed E-state index contributed by atoms with van der Waals surface area (Å²) in [6, 6.07) is 0. The van der Waals surface area contributed by atoms with Crippen molar-refractivity contribution in [2.75, 3.05) is 0 Å². The summed E-state index contributed by atoms with van der Waals surface area (Å²) in [7, 11) is 0. The van der Waals surface area contributed by atoms with Gasteiger partial charge in [-0.25, -0.2) is 0 Å². The molecule has 0 bridgehead atoms. The van der Waals surface area contributed by atoms with E-state index < -0.39 is 6.98 Å². The smallest absolute Gasteiger partial charge is 0.445 e. The average molecular weight is 174 g/mol. The van der Waals surface area contributed by atoms with E-state index in [0.717, 1.165) is 12.8 Å². The molecule has 1 saturated carbocycles. The summed E-state index contributed by atoms with van der Waals surface area (Å²) in [5.74, 6) is 0.617. The first-order valence-corrected chi connectivity index (χ1v) is 2.97. The summed E-state index contributed by atoms with van der Waals surface area (Å²) in [5, 5.41) is 0. The van der Waals surface area contributed by atoms with Crippen molar-refractivity contribution in [1.82, 2.24) is 0 Å². The second-order valence-corrected chi connectivity index (χ2v) is 2.35. The zero-order valence-corrected chi connectivity index (χ0v) is 8.98. The zero-order valence-electron chi connectivity index (χ0n) is 5.86. The van der Waals surface area contributed by atoms with Crippen LogP contribution < -0.4 is 51.4 Å². The van der Waals surface area contributed by atoms with Gasteiger partial charge in [0, 0.05) is 0 Å². The molecule has 0 radical (unpaired) electrons. The van der Waals surface area contributed by atoms with Crippen molar-refractivity contribution in [2.24, 2.45) is 5.92 Å². The van der Waals surface area contributed by atoms with E-state index in [2.05, 4.69) is 0 Å². The second-order valence-electron chi connectivity index (χ2n) is 2.35. The van der Waals surface area contributed by atoms with Crippen LogP contribution in [0.3, 0.4) is 0 Å². The van der Waals surface area contributed by atoms with Crippen LogP contribution in [0.4, 0.5) is 12.9 Å². The first-order chi connectivity index (χ1) is 4.08. The average Bonchev–Trinajstić information content (AvgIpc) is 2.38. The SMILES string of the molecule is F[B-](F)(F)C=CC1CC1.[K+]. The molecule has 1 aliphatic carbocycles. The quantitative estimate of drug-likeness (QED) is 0.487. The number of rotatable bonds is 2. The van der Waals surface area contributed by atoms with Gasteiger partial charge >= 0.3 is 58.4 Å². The molecule has 0 heterocycles. The first kappa shape index (κ1) is 11.2. The fourth-order valence-electron chi connectivity index (χ4n) is 0.572. The molecule has 1 aliphatic rings. The molecule has 0 N–H and O–H groups in total. The van der Waals surface area contributed by atoms with E-state index in [-0.39, 0.29) is 57.3 Å². The van der Waals surface area contributed by atoms with Crippen molar-refractivity contribution in [3.8, 4) is 0 Å². The fraction of sp³-hybridized carbons (Fsp3) is 0.600. The minimum Gasteiger partial charge on any atom is -0.445 e. The van der Waals surface area contributed by atoms with E-state index in [1.54, 1.807) is 0 Å². The third-order valence-electron chi connectivity index (χ3n) is 1.22. The van der Waals surface area contributed by atoms with Gasteiger partial charge in [0.15, 0.2) is 0 Å². The maximum atomic E-state index is 11.4. The van der Waals surface area contributed by atoms with Crippen LogP contribution in [0.5, 0.6) is 0 Å². The van der Waals surface area contributed by atoms with E-state index in [1.807, 2.05) is 0 Å². The van der Waals surface area contributed by atoms with Crippen LogP contribution in [0.15, 0.2) is 12.1 Å². The van der Waals surface area contributed by atoms with E-state index in [9.17, 15) is 12.9 Å². The third kappa shape index (κ3) is 5.98. The molecule has 1 rings (SSSR count). The molecule has 0 unspecified atom stereocenters. The van der Waals surface area contributed by atoms with Gasteiger partial charge in [-0.15, -0.1) is 12.1 Å². The van der Waals surface area contributed by atoms with Gasteiger partial charge in [0.1, 0.15) is 0 Å². The molecule has 1 fully saturated rings. The Labute approximate surface area is 101 Å². The van der Waals surface area contributed by atoms with Gasteiger partial charge in [0.2, 0.25) is 0 Å². The van der Waals surface area contributed by atoms with E-state index in [4.69, 9.17) is 0 Å². The van der Waals surface area contributed by atoms with Crippen LogP contribution in [0.1, 0.15) is 12.8 Å². The molecule has 0 spiro atoms. The van der Waals surface area contributed by atoms with Gasteiger partial charge in [0.25, 0.3) is 0 Å². The minimum absolute atomic E-state index is 0. The Morgan fingerprint density at radius 3 is 2.00 bits per heavy atom. The molecule has 0 amide bonds. The van der Waals surface area contributed by atoms with Crippen molar-refractivity contribution in [3.63, 3.8) is 0 Å². The van der Waals surface area contributed by atoms with Crippen LogP contribution in [0.2, 0.25) is 0 Å². The molecular formula is C5H7BF3K. The van der Waals surface area contributed by atoms with Crippen molar-refractivity contribution < 1.29 is 64.3 Å². The Morgan fingerprint density at radius 1 is 1.20 bits per heavy atom. The Bertz CT molecular complexity index is 127. The molecule has 0 nitrogen and oxygen atoms in total. The van der Waals surface area contributed by atoms with Crippen molar-refractivity contribution in [1.29, 1.82) is 0 Å². The molecule has 5 heteroatoms. The summed E-state index contributed by atoms with van der Waals surface area (Å²) in [5.41, 5.74) is 0. The van der Waals surface area contributed by atoms with E-state index >= 15 is 0 Å². The monoisotopic (exact) mass is 174 g/mol. The summed E-state index contributed by atoms with van der Waals surface area (Å²) >= 11 is 0. The second kappa shape index (κ2) is 4.30. The molecule has 52 valence electrons. The molecule has 0 saturated heterocycles. The van der Waals surface area contributed by atoms with Crippen molar-refractivity contribution in [2.45, 2.75) is 12.8 Å². The van der Waals surface area contributed by atoms with Gasteiger partial charge in [-0.2, -0.15) is 0 Å². The van der Waals surface area contributed by atoms with Crippen LogP contribution in [-0.2, 0) is 0 Å². The predicted molar refractivity (Wildman–Crippen MR) is 30.9 cm³/mol. The van der Waals surface area contributed by atoms with Gasteiger partial charge < -0.3 is 12.9 Å². The predicted octanol–water partition coefficient (Wildman–Crippen LogP) is -0.657. The largest absolute Gasteiger partial charge is 1.00 e. The van der Waals surface area contributed by atoms with E-state index in [1.165, 1.54) is 6.08 Å². The molecule has 0 aliphatic heterocycles. The summed E-state index contributed by atoms with van der Waals surface area (Å²) in [4.78, 5) is 0. The number of hydrogen-bond acceptors (Lipinski definition) is 0. The maximum Gasteiger partial charge on any atom is 1.00 e.